The van der Waals surface area contributed by atoms with E-state index < -0.39 is 29.9 Å². The SMILES string of the molecule is CCCCNCCCC.O=C(Cc1ccccc1)N[C@@H]1C(=O)N2C(C(=O)O)=C(CO)CS[C@H]12. The summed E-state index contributed by atoms with van der Waals surface area (Å²) in [6, 6.07) is 8.42. The van der Waals surface area contributed by atoms with Gasteiger partial charge in [-0.05, 0) is 37.1 Å². The van der Waals surface area contributed by atoms with Crippen LogP contribution >= 0.6 is 11.8 Å². The van der Waals surface area contributed by atoms with Gasteiger partial charge < -0.3 is 20.8 Å². The van der Waals surface area contributed by atoms with E-state index in [2.05, 4.69) is 24.5 Å². The van der Waals surface area contributed by atoms with Crippen LogP contribution in [0.2, 0.25) is 0 Å². The van der Waals surface area contributed by atoms with E-state index in [0.29, 0.717) is 11.3 Å². The number of hydrogen-bond acceptors (Lipinski definition) is 6. The Balaban J connectivity index is 0.000000365. The van der Waals surface area contributed by atoms with Crippen molar-refractivity contribution in [2.45, 2.75) is 57.4 Å². The Morgan fingerprint density at radius 3 is 2.30 bits per heavy atom. The third-order valence-electron chi connectivity index (χ3n) is 5.38. The van der Waals surface area contributed by atoms with E-state index in [9.17, 15) is 24.6 Å². The second kappa shape index (κ2) is 14.0. The van der Waals surface area contributed by atoms with Crippen molar-refractivity contribution in [2.75, 3.05) is 25.4 Å². The average molecular weight is 478 g/mol. The number of carboxylic acid groups (broad SMARTS) is 1. The number of aliphatic carboxylic acids is 1. The van der Waals surface area contributed by atoms with Crippen molar-refractivity contribution < 1.29 is 24.6 Å². The molecule has 0 saturated carbocycles. The van der Waals surface area contributed by atoms with Crippen LogP contribution in [0.25, 0.3) is 0 Å². The van der Waals surface area contributed by atoms with Crippen molar-refractivity contribution in [2.24, 2.45) is 0 Å². The molecule has 3 rings (SSSR count). The fourth-order valence-electron chi connectivity index (χ4n) is 3.54. The number of carboxylic acids is 1. The number of aliphatic hydroxyl groups excluding tert-OH is 1. The average Bonchev–Trinajstić information content (AvgIpc) is 2.82. The molecular weight excluding hydrogens is 442 g/mol. The molecule has 0 radical (unpaired) electrons. The Morgan fingerprint density at radius 1 is 1.12 bits per heavy atom. The van der Waals surface area contributed by atoms with Crippen LogP contribution in [0.5, 0.6) is 0 Å². The molecule has 0 bridgehead atoms. The van der Waals surface area contributed by atoms with Crippen LogP contribution in [0.1, 0.15) is 45.1 Å². The van der Waals surface area contributed by atoms with Gasteiger partial charge in [0.05, 0.1) is 13.0 Å². The van der Waals surface area contributed by atoms with Gasteiger partial charge in [-0.3, -0.25) is 14.5 Å². The quantitative estimate of drug-likeness (QED) is 0.285. The number of fused-ring (bicyclic) bond motifs is 1. The van der Waals surface area contributed by atoms with Gasteiger partial charge in [0.25, 0.3) is 5.91 Å². The Morgan fingerprint density at radius 2 is 1.76 bits per heavy atom. The van der Waals surface area contributed by atoms with Crippen LogP contribution in [-0.4, -0.2) is 69.8 Å². The molecule has 0 spiro atoms. The summed E-state index contributed by atoms with van der Waals surface area (Å²) in [7, 11) is 0. The Hall–Kier alpha value is -2.36. The van der Waals surface area contributed by atoms with Gasteiger partial charge in [-0.1, -0.05) is 57.0 Å². The molecule has 8 nitrogen and oxygen atoms in total. The van der Waals surface area contributed by atoms with Gasteiger partial charge in [0.2, 0.25) is 5.91 Å². The smallest absolute Gasteiger partial charge is 0.352 e. The fourth-order valence-corrected chi connectivity index (χ4v) is 4.87. The topological polar surface area (TPSA) is 119 Å². The van der Waals surface area contributed by atoms with E-state index in [-0.39, 0.29) is 18.0 Å². The molecule has 2 aliphatic heterocycles. The molecule has 4 N–H and O–H groups in total. The minimum atomic E-state index is -1.24. The number of amides is 2. The van der Waals surface area contributed by atoms with Crippen LogP contribution < -0.4 is 10.6 Å². The van der Waals surface area contributed by atoms with Gasteiger partial charge in [0, 0.05) is 5.75 Å². The van der Waals surface area contributed by atoms with Gasteiger partial charge in [-0.2, -0.15) is 0 Å². The standard InChI is InChI=1S/C16H16N2O5S.C8H19N/c19-7-10-8-24-15-12(14(21)18(15)13(10)16(22)23)17-11(20)6-9-4-2-1-3-5-9;1-3-5-7-9-8-6-4-2/h1-5,12,15,19H,6-8H2,(H,17,20)(H,22,23);9H,3-8H2,1-2H3/t12-,15-;/m1./s1. The van der Waals surface area contributed by atoms with Gasteiger partial charge >= 0.3 is 5.97 Å². The van der Waals surface area contributed by atoms with E-state index in [1.165, 1.54) is 50.5 Å². The number of carbonyl (C=O) groups is 3. The summed E-state index contributed by atoms with van der Waals surface area (Å²) in [5, 5.41) is 24.2. The van der Waals surface area contributed by atoms with Crippen molar-refractivity contribution in [3.63, 3.8) is 0 Å². The predicted molar refractivity (Wildman–Crippen MR) is 130 cm³/mol. The van der Waals surface area contributed by atoms with Crippen LogP contribution in [0, 0.1) is 0 Å². The van der Waals surface area contributed by atoms with Crippen molar-refractivity contribution in [3.05, 3.63) is 47.2 Å². The first-order valence-corrected chi connectivity index (χ1v) is 12.5. The Bertz CT molecular complexity index is 825. The van der Waals surface area contributed by atoms with Crippen molar-refractivity contribution in [1.29, 1.82) is 0 Å². The molecule has 1 saturated heterocycles. The number of hydrogen-bond donors (Lipinski definition) is 4. The summed E-state index contributed by atoms with van der Waals surface area (Å²) >= 11 is 1.34. The second-order valence-electron chi connectivity index (χ2n) is 7.99. The summed E-state index contributed by atoms with van der Waals surface area (Å²) < 4.78 is 0. The van der Waals surface area contributed by atoms with Crippen LogP contribution in [-0.2, 0) is 20.8 Å². The van der Waals surface area contributed by atoms with E-state index in [1.807, 2.05) is 30.3 Å². The molecule has 2 heterocycles. The highest BCUT2D eigenvalue weighted by Gasteiger charge is 2.54. The van der Waals surface area contributed by atoms with Crippen LogP contribution in [0.4, 0.5) is 0 Å². The lowest BCUT2D eigenvalue weighted by molar-refractivity contribution is -0.150. The molecular formula is C24H35N3O5S. The molecule has 0 unspecified atom stereocenters. The van der Waals surface area contributed by atoms with E-state index >= 15 is 0 Å². The largest absolute Gasteiger partial charge is 0.477 e. The molecule has 2 atom stereocenters. The van der Waals surface area contributed by atoms with E-state index in [4.69, 9.17) is 0 Å². The minimum absolute atomic E-state index is 0.158. The molecule has 33 heavy (non-hydrogen) atoms. The highest BCUT2D eigenvalue weighted by atomic mass is 32.2. The van der Waals surface area contributed by atoms with Gasteiger partial charge in [-0.15, -0.1) is 11.8 Å². The molecule has 1 aromatic carbocycles. The zero-order valence-electron chi connectivity index (χ0n) is 19.4. The fraction of sp³-hybridized carbons (Fsp3) is 0.542. The highest BCUT2D eigenvalue weighted by molar-refractivity contribution is 8.00. The lowest BCUT2D eigenvalue weighted by Crippen LogP contribution is -2.70. The van der Waals surface area contributed by atoms with Gasteiger partial charge in [0.1, 0.15) is 17.1 Å². The number of unbranched alkanes of at least 4 members (excludes halogenated alkanes) is 2. The zero-order valence-corrected chi connectivity index (χ0v) is 20.2. The number of β-lactam (4-membered cyclic amide) rings is 1. The lowest BCUT2D eigenvalue weighted by Gasteiger charge is -2.49. The maximum atomic E-state index is 12.3. The normalized spacial score (nSPS) is 19.2. The number of rotatable bonds is 11. The summed E-state index contributed by atoms with van der Waals surface area (Å²) in [5.41, 5.74) is 0.981. The number of benzene rings is 1. The molecule has 2 amide bonds. The monoisotopic (exact) mass is 477 g/mol. The number of carbonyl (C=O) groups excluding carboxylic acids is 2. The summed E-state index contributed by atoms with van der Waals surface area (Å²) in [6.45, 7) is 6.45. The Labute approximate surface area is 199 Å². The van der Waals surface area contributed by atoms with Crippen LogP contribution in [0.3, 0.4) is 0 Å². The van der Waals surface area contributed by atoms with Crippen LogP contribution in [0.15, 0.2) is 41.6 Å². The van der Waals surface area contributed by atoms with Crippen molar-refractivity contribution >= 4 is 29.5 Å². The number of aliphatic hydroxyl groups is 1. The highest BCUT2D eigenvalue weighted by Crippen LogP contribution is 2.40. The first-order valence-electron chi connectivity index (χ1n) is 11.5. The predicted octanol–water partition coefficient (Wildman–Crippen LogP) is 2.14. The Kier molecular flexibility index (Phi) is 11.4. The van der Waals surface area contributed by atoms with Crippen molar-refractivity contribution in [1.82, 2.24) is 15.5 Å². The number of thioether (sulfide) groups is 1. The summed E-state index contributed by atoms with van der Waals surface area (Å²) in [4.78, 5) is 36.9. The molecule has 0 aliphatic carbocycles. The molecule has 0 aromatic heterocycles. The zero-order chi connectivity index (χ0) is 24.2. The maximum Gasteiger partial charge on any atom is 0.352 e. The first-order chi connectivity index (χ1) is 15.9. The molecule has 1 aromatic rings. The third kappa shape index (κ3) is 7.58. The number of nitrogens with one attached hydrogen (secondary N) is 2. The van der Waals surface area contributed by atoms with E-state index in [0.717, 1.165) is 10.5 Å². The molecule has 1 fully saturated rings. The first kappa shape index (κ1) is 26.9. The minimum Gasteiger partial charge on any atom is -0.477 e. The third-order valence-corrected chi connectivity index (χ3v) is 6.72. The molecule has 9 heteroatoms. The van der Waals surface area contributed by atoms with Gasteiger partial charge in [0.15, 0.2) is 0 Å². The van der Waals surface area contributed by atoms with Crippen molar-refractivity contribution in [3.8, 4) is 0 Å². The van der Waals surface area contributed by atoms with Gasteiger partial charge in [-0.25, -0.2) is 4.79 Å². The lowest BCUT2D eigenvalue weighted by atomic mass is 10.0. The molecule has 182 valence electrons. The molecule has 2 aliphatic rings. The summed E-state index contributed by atoms with van der Waals surface area (Å²) in [5.74, 6) is -1.67. The summed E-state index contributed by atoms with van der Waals surface area (Å²) in [6.07, 6.45) is 5.41. The van der Waals surface area contributed by atoms with E-state index in [1.54, 1.807) is 0 Å². The maximum absolute atomic E-state index is 12.3. The number of nitrogens with zero attached hydrogens (tertiary/aromatic N) is 1. The second-order valence-corrected chi connectivity index (χ2v) is 9.09.